The first-order valence-electron chi connectivity index (χ1n) is 43.5. The van der Waals surface area contributed by atoms with Gasteiger partial charge in [0.1, 0.15) is 66.5 Å². The van der Waals surface area contributed by atoms with E-state index < -0.39 is 173 Å². The quantitative estimate of drug-likeness (QED) is 0.0103. The summed E-state index contributed by atoms with van der Waals surface area (Å²) >= 11 is 0. The van der Waals surface area contributed by atoms with Crippen molar-refractivity contribution >= 4 is 127 Å². The minimum atomic E-state index is -1.91. The minimum Gasteiger partial charge on any atom is -0.391 e. The number of aliphatic hydroxyl groups excluding tert-OH is 1. The maximum absolute atomic E-state index is 15.4. The molecule has 0 saturated heterocycles. The van der Waals surface area contributed by atoms with Crippen molar-refractivity contribution in [2.45, 2.75) is 235 Å². The summed E-state index contributed by atoms with van der Waals surface area (Å²) in [6.07, 6.45) is 4.92. The van der Waals surface area contributed by atoms with Crippen LogP contribution in [0.25, 0.3) is 32.7 Å². The standard InChI is InChI=1S/C85H134N30O13/c1-6-46(3)67(79(126)105-59(70(89)117)28-14-16-34-86)113-75(122)64(33-21-39-101-85(96)97)108-78(125)66(42-51-45-104-58-27-13-10-24-54(51)58)112-73(120)62(31-19-37-99-83(92)93)110-81(128)69(48(5)116)115-76(123)60(29-15-17-35-87)107-77(124)65(41-50-44-103-57-26-12-9-23-53(50)57)111-72(119)61(30-18-36-98-82(90)91)109-80(127)68(47(4)7-2)114-74(121)63(32-20-38-100-84(94)95)106-71(118)55(88)40-49-43-102-56-25-11-8-22-52(49)56/h8-13,22-27,43-48,55,59-69,102-104,116H,6-7,14-21,28-42,86-88H2,1-5H3,(H2,89,117)(H,105,126)(H,106,118)(H,107,124)(H,108,125)(H,109,127)(H,110,128)(H,111,119)(H,112,120)(H,113,122)(H,114,121)(H,115,123)(H4,90,91,98)(H4,92,93,99)(H4,94,95,100)(H4,96,97,101)/t46-,47-,48+,55-,59-,60-,61-,62-,63-,64-,65-,66-,67-,68-,69-/m0/s1. The van der Waals surface area contributed by atoms with Crippen molar-refractivity contribution in [3.05, 3.63) is 108 Å². The molecule has 0 unspecified atom stereocenters. The van der Waals surface area contributed by atoms with E-state index in [2.05, 4.69) is 94.7 Å². The monoisotopic (exact) mass is 1780 g/mol. The highest BCUT2D eigenvalue weighted by molar-refractivity contribution is 6.01. The zero-order chi connectivity index (χ0) is 94.1. The first-order chi connectivity index (χ1) is 61.1. The minimum absolute atomic E-state index is 0.00971. The number of fused-ring (bicyclic) bond motifs is 3. The predicted molar refractivity (Wildman–Crippen MR) is 487 cm³/mol. The van der Waals surface area contributed by atoms with Crippen LogP contribution in [0.1, 0.15) is 154 Å². The number of carbonyl (C=O) groups excluding carboxylic acids is 12. The van der Waals surface area contributed by atoms with Gasteiger partial charge in [-0.1, -0.05) is 95.1 Å². The van der Waals surface area contributed by atoms with Crippen molar-refractivity contribution in [3.63, 3.8) is 0 Å². The highest BCUT2D eigenvalue weighted by Crippen LogP contribution is 2.24. The Labute approximate surface area is 743 Å². The number of H-pyrrole nitrogens is 3. The molecule has 3 aromatic heterocycles. The Kier molecular flexibility index (Phi) is 43.2. The van der Waals surface area contributed by atoms with Crippen molar-refractivity contribution in [2.75, 3.05) is 39.3 Å². The number of para-hydroxylation sites is 3. The van der Waals surface area contributed by atoms with Crippen LogP contribution in [-0.4, -0.2) is 233 Å². The lowest BCUT2D eigenvalue weighted by atomic mass is 9.96. The molecule has 0 aliphatic carbocycles. The number of aromatic nitrogens is 3. The van der Waals surface area contributed by atoms with Gasteiger partial charge in [-0.05, 0) is 163 Å². The van der Waals surface area contributed by atoms with Crippen LogP contribution in [0.5, 0.6) is 0 Å². The van der Waals surface area contributed by atoms with Crippen molar-refractivity contribution < 1.29 is 62.6 Å². The molecule has 0 spiro atoms. The van der Waals surface area contributed by atoms with Gasteiger partial charge in [0, 0.05) is 90.3 Å². The van der Waals surface area contributed by atoms with Gasteiger partial charge in [0.15, 0.2) is 23.8 Å². The van der Waals surface area contributed by atoms with E-state index in [0.29, 0.717) is 71.6 Å². The van der Waals surface area contributed by atoms with Gasteiger partial charge < -0.3 is 146 Å². The van der Waals surface area contributed by atoms with Crippen molar-refractivity contribution in [1.82, 2.24) is 94.7 Å². The summed E-state index contributed by atoms with van der Waals surface area (Å²) in [6, 6.07) is 4.29. The SMILES string of the molecule is CC[C@H](C)[C@H](NC(=O)[C@H](CCCNC(=N)N)NC(=O)[C@H](Cc1c[nH]c2ccccc12)NC(=O)[C@H](CCCNC(=N)N)NC(=O)[C@@H](NC(=O)[C@H](CCCCN)NC(=O)[C@H](Cc1c[nH]c2ccccc12)NC(=O)[C@H](CCCNC(=N)N)NC(=O)[C@@H](NC(=O)[C@H](CCCNC(=N)N)NC(=O)[C@@H](N)Cc1c[nH]c2ccccc12)[C@@H](C)CC)[C@@H](C)O)C(=O)N[C@@H](CCCCN)C(N)=O. The van der Waals surface area contributed by atoms with Gasteiger partial charge in [0.25, 0.3) is 0 Å². The first-order valence-corrected chi connectivity index (χ1v) is 43.5. The van der Waals surface area contributed by atoms with Crippen LogP contribution in [0.4, 0.5) is 0 Å². The number of nitrogens with one attached hydrogen (secondary N) is 22. The molecule has 0 aliphatic rings. The summed E-state index contributed by atoms with van der Waals surface area (Å²) in [6.45, 7) is 8.80. The fraction of sp³-hybridized carbons (Fsp3) is 0.529. The number of carbonyl (C=O) groups is 12. The van der Waals surface area contributed by atoms with Crippen LogP contribution in [-0.2, 0) is 76.8 Å². The van der Waals surface area contributed by atoms with Crippen LogP contribution in [0.3, 0.4) is 0 Å². The number of hydrogen-bond donors (Lipinski definition) is 31. The lowest BCUT2D eigenvalue weighted by Crippen LogP contribution is -2.62. The van der Waals surface area contributed by atoms with E-state index in [9.17, 15) is 33.9 Å². The van der Waals surface area contributed by atoms with Crippen LogP contribution in [0.2, 0.25) is 0 Å². The highest BCUT2D eigenvalue weighted by Gasteiger charge is 2.40. The molecule has 0 radical (unpaired) electrons. The summed E-state index contributed by atoms with van der Waals surface area (Å²) in [5.74, 6) is -13.3. The van der Waals surface area contributed by atoms with E-state index in [0.717, 1.165) is 16.5 Å². The number of nitrogens with two attached hydrogens (primary N) is 8. The van der Waals surface area contributed by atoms with Gasteiger partial charge >= 0.3 is 0 Å². The molecule has 43 heteroatoms. The van der Waals surface area contributed by atoms with Gasteiger partial charge in [0.05, 0.1) is 12.1 Å². The normalized spacial score (nSPS) is 14.8. The maximum atomic E-state index is 15.4. The molecular weight excluding hydrogens is 1650 g/mol. The fourth-order valence-corrected chi connectivity index (χ4v) is 14.5. The Balaban J connectivity index is 1.31. The van der Waals surface area contributed by atoms with Crippen molar-refractivity contribution in [1.29, 1.82) is 21.6 Å². The molecule has 3 heterocycles. The highest BCUT2D eigenvalue weighted by atomic mass is 16.3. The molecule has 39 N–H and O–H groups in total. The second kappa shape index (κ2) is 53.3. The Bertz CT molecular complexity index is 4720. The molecule has 15 atom stereocenters. The van der Waals surface area contributed by atoms with Crippen LogP contribution in [0, 0.1) is 33.5 Å². The Morgan fingerprint density at radius 1 is 0.336 bits per heavy atom. The van der Waals surface area contributed by atoms with E-state index in [1.54, 1.807) is 94.8 Å². The summed E-state index contributed by atoms with van der Waals surface area (Å²) in [5, 5.41) is 85.5. The van der Waals surface area contributed by atoms with Gasteiger partial charge in [-0.25, -0.2) is 0 Å². The molecule has 0 aliphatic heterocycles. The van der Waals surface area contributed by atoms with Crippen LogP contribution < -0.4 is 126 Å². The molecule has 6 aromatic rings. The third kappa shape index (κ3) is 33.6. The molecule has 128 heavy (non-hydrogen) atoms. The largest absolute Gasteiger partial charge is 0.391 e. The lowest BCUT2D eigenvalue weighted by Gasteiger charge is -2.30. The maximum Gasteiger partial charge on any atom is 0.245 e. The Morgan fingerprint density at radius 3 is 0.906 bits per heavy atom. The third-order valence-corrected chi connectivity index (χ3v) is 22.2. The number of amides is 12. The summed E-state index contributed by atoms with van der Waals surface area (Å²) in [4.78, 5) is 186. The second-order valence-corrected chi connectivity index (χ2v) is 32.2. The number of rotatable bonds is 58. The number of guanidine groups is 4. The molecule has 43 nitrogen and oxygen atoms in total. The molecular formula is C85H134N30O13. The van der Waals surface area contributed by atoms with Gasteiger partial charge in [-0.2, -0.15) is 0 Å². The molecule has 702 valence electrons. The average Bonchev–Trinajstić information content (AvgIpc) is 1.63. The van der Waals surface area contributed by atoms with Gasteiger partial charge in [-0.3, -0.25) is 79.2 Å². The van der Waals surface area contributed by atoms with Gasteiger partial charge in [-0.15, -0.1) is 0 Å². The molecule has 3 aromatic carbocycles. The number of hydrogen-bond acceptors (Lipinski definition) is 20. The third-order valence-electron chi connectivity index (χ3n) is 22.2. The van der Waals surface area contributed by atoms with E-state index >= 15 is 28.8 Å². The number of unbranched alkanes of at least 4 members (excludes halogenated alkanes) is 2. The molecule has 0 fully saturated rings. The number of aromatic amines is 3. The molecule has 12 amide bonds. The van der Waals surface area contributed by atoms with Crippen molar-refractivity contribution in [2.24, 2.45) is 57.7 Å². The molecule has 0 saturated carbocycles. The summed E-state index contributed by atoms with van der Waals surface area (Å²) in [5.41, 5.74) is 50.3. The Hall–Kier alpha value is -13.2. The van der Waals surface area contributed by atoms with Crippen LogP contribution in [0.15, 0.2) is 91.4 Å². The van der Waals surface area contributed by atoms with Crippen LogP contribution >= 0.6 is 0 Å². The van der Waals surface area contributed by atoms with Crippen molar-refractivity contribution in [3.8, 4) is 0 Å². The average molecular weight is 1780 g/mol. The summed E-state index contributed by atoms with van der Waals surface area (Å²) < 4.78 is 0. The molecule has 0 bridgehead atoms. The number of aliphatic hydroxyl groups is 1. The summed E-state index contributed by atoms with van der Waals surface area (Å²) in [7, 11) is 0. The zero-order valence-corrected chi connectivity index (χ0v) is 73.5. The topological polar surface area (TPSA) is 756 Å². The van der Waals surface area contributed by atoms with E-state index in [4.69, 9.17) is 67.5 Å². The predicted octanol–water partition coefficient (Wildman–Crippen LogP) is -2.91. The smallest absolute Gasteiger partial charge is 0.245 e. The van der Waals surface area contributed by atoms with E-state index in [1.165, 1.54) is 6.92 Å². The van der Waals surface area contributed by atoms with E-state index in [1.807, 2.05) is 24.3 Å². The number of primary amides is 1. The molecule has 6 rings (SSSR count). The zero-order valence-electron chi connectivity index (χ0n) is 73.5. The lowest BCUT2D eigenvalue weighted by molar-refractivity contribution is -0.137. The van der Waals surface area contributed by atoms with E-state index in [-0.39, 0.29) is 135 Å². The Morgan fingerprint density at radius 2 is 0.594 bits per heavy atom. The second-order valence-electron chi connectivity index (χ2n) is 32.2. The first kappa shape index (κ1) is 104. The number of benzene rings is 3. The van der Waals surface area contributed by atoms with Gasteiger partial charge in [0.2, 0.25) is 70.9 Å². The fourth-order valence-electron chi connectivity index (χ4n) is 14.5.